The van der Waals surface area contributed by atoms with Gasteiger partial charge in [0, 0.05) is 47.2 Å². The molecule has 3 aromatic carbocycles. The number of carbonyl (C=O) groups excluding carboxylic acids is 1. The van der Waals surface area contributed by atoms with Crippen LogP contribution in [0.1, 0.15) is 33.5 Å². The zero-order chi connectivity index (χ0) is 32.9. The smallest absolute Gasteiger partial charge is 0.266 e. The molecule has 3 heterocycles. The fraction of sp³-hybridized carbons (Fsp3) is 0.216. The SMILES string of the molecule is COc1ccc(C2Sc3ccccc3-n3c(CN(C)CCNC(=O)COc4ccc(-c5cc(C#N)c(=O)[nH]c5C)cc4)ccc32)cc1. The number of rotatable bonds is 11. The summed E-state index contributed by atoms with van der Waals surface area (Å²) in [6.07, 6.45) is 0. The van der Waals surface area contributed by atoms with Crippen LogP contribution in [-0.4, -0.2) is 54.2 Å². The second kappa shape index (κ2) is 14.0. The fourth-order valence-corrected chi connectivity index (χ4v) is 7.03. The molecule has 5 aromatic rings. The van der Waals surface area contributed by atoms with Crippen molar-refractivity contribution in [1.29, 1.82) is 5.26 Å². The highest BCUT2D eigenvalue weighted by atomic mass is 32.2. The number of pyridine rings is 1. The van der Waals surface area contributed by atoms with Gasteiger partial charge in [-0.2, -0.15) is 5.26 Å². The number of methoxy groups -OCH3 is 1. The van der Waals surface area contributed by atoms with Crippen molar-refractivity contribution in [2.24, 2.45) is 0 Å². The van der Waals surface area contributed by atoms with Gasteiger partial charge < -0.3 is 24.3 Å². The van der Waals surface area contributed by atoms with Gasteiger partial charge in [-0.15, -0.1) is 11.8 Å². The summed E-state index contributed by atoms with van der Waals surface area (Å²) in [5.41, 5.74) is 6.75. The highest BCUT2D eigenvalue weighted by Crippen LogP contribution is 2.48. The number of aromatic amines is 1. The van der Waals surface area contributed by atoms with Crippen LogP contribution in [0, 0.1) is 18.3 Å². The van der Waals surface area contributed by atoms with E-state index < -0.39 is 5.56 Å². The molecule has 1 amide bonds. The van der Waals surface area contributed by atoms with Crippen molar-refractivity contribution in [1.82, 2.24) is 19.8 Å². The number of aromatic nitrogens is 2. The van der Waals surface area contributed by atoms with Crippen LogP contribution in [0.4, 0.5) is 0 Å². The lowest BCUT2D eigenvalue weighted by molar-refractivity contribution is -0.123. The number of ether oxygens (including phenoxy) is 2. The Kier molecular flexibility index (Phi) is 9.47. The number of amides is 1. The second-order valence-corrected chi connectivity index (χ2v) is 12.5. The van der Waals surface area contributed by atoms with E-state index in [0.717, 1.165) is 23.4 Å². The molecule has 47 heavy (non-hydrogen) atoms. The summed E-state index contributed by atoms with van der Waals surface area (Å²) in [5.74, 6) is 1.19. The van der Waals surface area contributed by atoms with E-state index in [2.05, 4.69) is 75.3 Å². The van der Waals surface area contributed by atoms with Gasteiger partial charge in [-0.25, -0.2) is 0 Å². The van der Waals surface area contributed by atoms with Gasteiger partial charge in [0.15, 0.2) is 6.61 Å². The Hall–Kier alpha value is -5.24. The Morgan fingerprint density at radius 3 is 2.53 bits per heavy atom. The molecule has 0 saturated carbocycles. The number of fused-ring (bicyclic) bond motifs is 3. The third-order valence-electron chi connectivity index (χ3n) is 8.17. The number of thioether (sulfide) groups is 1. The van der Waals surface area contributed by atoms with E-state index in [4.69, 9.17) is 9.47 Å². The van der Waals surface area contributed by atoms with Crippen LogP contribution in [0.25, 0.3) is 16.8 Å². The van der Waals surface area contributed by atoms with Gasteiger partial charge in [0.1, 0.15) is 23.1 Å². The minimum atomic E-state index is -0.404. The van der Waals surface area contributed by atoms with Crippen LogP contribution in [0.3, 0.4) is 0 Å². The topological polar surface area (TPSA) is 112 Å². The first-order valence-electron chi connectivity index (χ1n) is 15.3. The Morgan fingerprint density at radius 2 is 1.79 bits per heavy atom. The Bertz CT molecular complexity index is 1990. The third-order valence-corrected chi connectivity index (χ3v) is 9.52. The molecular weight excluding hydrogens is 611 g/mol. The van der Waals surface area contributed by atoms with Crippen molar-refractivity contribution in [3.8, 4) is 34.4 Å². The molecule has 0 fully saturated rings. The normalized spacial score (nSPS) is 13.4. The molecule has 0 aliphatic carbocycles. The lowest BCUT2D eigenvalue weighted by atomic mass is 10.0. The lowest BCUT2D eigenvalue weighted by Gasteiger charge is -2.29. The molecule has 0 radical (unpaired) electrons. The molecular formula is C37H35N5O4S. The van der Waals surface area contributed by atoms with Crippen LogP contribution in [0.5, 0.6) is 11.5 Å². The number of nitrogens with one attached hydrogen (secondary N) is 2. The third kappa shape index (κ3) is 6.97. The quantitative estimate of drug-likeness (QED) is 0.186. The number of hydrogen-bond donors (Lipinski definition) is 2. The summed E-state index contributed by atoms with van der Waals surface area (Å²) >= 11 is 1.86. The molecule has 9 nitrogen and oxygen atoms in total. The van der Waals surface area contributed by atoms with Crippen molar-refractivity contribution in [2.45, 2.75) is 23.6 Å². The maximum absolute atomic E-state index is 12.6. The van der Waals surface area contributed by atoms with E-state index in [1.54, 1.807) is 32.2 Å². The number of H-pyrrole nitrogens is 1. The predicted molar refractivity (Wildman–Crippen MR) is 183 cm³/mol. The van der Waals surface area contributed by atoms with Gasteiger partial charge in [0.2, 0.25) is 0 Å². The molecule has 1 unspecified atom stereocenters. The molecule has 0 bridgehead atoms. The van der Waals surface area contributed by atoms with E-state index in [1.165, 1.54) is 27.5 Å². The summed E-state index contributed by atoms with van der Waals surface area (Å²) in [6.45, 7) is 3.56. The first-order chi connectivity index (χ1) is 22.8. The van der Waals surface area contributed by atoms with E-state index in [9.17, 15) is 14.9 Å². The maximum atomic E-state index is 12.6. The maximum Gasteiger partial charge on any atom is 0.266 e. The highest BCUT2D eigenvalue weighted by Gasteiger charge is 2.28. The summed E-state index contributed by atoms with van der Waals surface area (Å²) in [4.78, 5) is 30.6. The highest BCUT2D eigenvalue weighted by molar-refractivity contribution is 8.00. The van der Waals surface area contributed by atoms with Crippen molar-refractivity contribution in [2.75, 3.05) is 33.9 Å². The van der Waals surface area contributed by atoms with Crippen molar-refractivity contribution < 1.29 is 14.3 Å². The number of hydrogen-bond acceptors (Lipinski definition) is 7. The zero-order valence-electron chi connectivity index (χ0n) is 26.4. The second-order valence-electron chi connectivity index (χ2n) is 11.4. The van der Waals surface area contributed by atoms with Gasteiger partial charge in [-0.05, 0) is 79.7 Å². The summed E-state index contributed by atoms with van der Waals surface area (Å²) in [6, 6.07) is 31.9. The predicted octanol–water partition coefficient (Wildman–Crippen LogP) is 5.84. The van der Waals surface area contributed by atoms with Crippen LogP contribution in [0.15, 0.2) is 101 Å². The van der Waals surface area contributed by atoms with Gasteiger partial charge in [-0.3, -0.25) is 14.5 Å². The molecule has 1 atom stereocenters. The minimum Gasteiger partial charge on any atom is -0.497 e. The van der Waals surface area contributed by atoms with Crippen LogP contribution < -0.4 is 20.3 Å². The van der Waals surface area contributed by atoms with Gasteiger partial charge in [-0.1, -0.05) is 36.4 Å². The number of nitrogens with zero attached hydrogens (tertiary/aromatic N) is 3. The summed E-state index contributed by atoms with van der Waals surface area (Å²) < 4.78 is 13.4. The standard InChI is InChI=1S/C37H35N5O4S/c1-24-31(20-27(21-38)37(44)40-24)25-8-15-30(16-9-25)46-23-35(43)39-18-19-41(2)22-28-12-17-33-36(26-10-13-29(45-3)14-11-26)47-34-7-5-4-6-32(34)42(28)33/h4-17,20,36H,18-19,22-23H2,1-3H3,(H,39,43)(H,40,44). The number of likely N-dealkylation sites (N-methyl/N-ethyl adjacent to an activating group) is 1. The number of para-hydroxylation sites is 1. The van der Waals surface area contributed by atoms with E-state index >= 15 is 0 Å². The van der Waals surface area contributed by atoms with Crippen molar-refractivity contribution in [3.63, 3.8) is 0 Å². The van der Waals surface area contributed by atoms with E-state index in [1.807, 2.05) is 42.1 Å². The number of nitriles is 1. The number of aryl methyl sites for hydroxylation is 1. The van der Waals surface area contributed by atoms with Crippen LogP contribution >= 0.6 is 11.8 Å². The Balaban J connectivity index is 1.03. The fourth-order valence-electron chi connectivity index (χ4n) is 5.74. The van der Waals surface area contributed by atoms with E-state index in [0.29, 0.717) is 24.5 Å². The van der Waals surface area contributed by atoms with Gasteiger partial charge in [0.25, 0.3) is 11.5 Å². The molecule has 0 spiro atoms. The number of carbonyl (C=O) groups is 1. The average molecular weight is 646 g/mol. The summed E-state index contributed by atoms with van der Waals surface area (Å²) in [7, 11) is 3.74. The monoisotopic (exact) mass is 645 g/mol. The first kappa shape index (κ1) is 31.7. The minimum absolute atomic E-state index is 0.0592. The number of benzene rings is 3. The first-order valence-corrected chi connectivity index (χ1v) is 16.2. The van der Waals surface area contributed by atoms with Gasteiger partial charge in [0.05, 0.1) is 18.0 Å². The largest absolute Gasteiger partial charge is 0.497 e. The molecule has 238 valence electrons. The molecule has 2 aromatic heterocycles. The van der Waals surface area contributed by atoms with Gasteiger partial charge >= 0.3 is 0 Å². The van der Waals surface area contributed by atoms with Crippen molar-refractivity contribution in [3.05, 3.63) is 130 Å². The average Bonchev–Trinajstić information content (AvgIpc) is 3.51. The molecule has 1 aliphatic rings. The Labute approximate surface area is 277 Å². The zero-order valence-corrected chi connectivity index (χ0v) is 27.3. The Morgan fingerprint density at radius 1 is 1.04 bits per heavy atom. The molecule has 1 aliphatic heterocycles. The molecule has 10 heteroatoms. The lowest BCUT2D eigenvalue weighted by Crippen LogP contribution is -2.35. The van der Waals surface area contributed by atoms with Crippen LogP contribution in [-0.2, 0) is 11.3 Å². The van der Waals surface area contributed by atoms with Crippen molar-refractivity contribution >= 4 is 17.7 Å². The molecule has 2 N–H and O–H groups in total. The van der Waals surface area contributed by atoms with E-state index in [-0.39, 0.29) is 23.3 Å². The molecule has 0 saturated heterocycles. The molecule has 6 rings (SSSR count). The van der Waals surface area contributed by atoms with Crippen LogP contribution in [0.2, 0.25) is 0 Å². The summed E-state index contributed by atoms with van der Waals surface area (Å²) in [5, 5.41) is 12.3.